The van der Waals surface area contributed by atoms with E-state index in [9.17, 15) is 13.2 Å². The van der Waals surface area contributed by atoms with Crippen LogP contribution in [0, 0.1) is 5.92 Å². The average Bonchev–Trinajstić information content (AvgIpc) is 3.63. The Hall–Kier alpha value is -3.77. The first-order valence-corrected chi connectivity index (χ1v) is 16.6. The van der Waals surface area contributed by atoms with Crippen LogP contribution in [-0.2, 0) is 26.1 Å². The van der Waals surface area contributed by atoms with Crippen LogP contribution < -0.4 is 10.5 Å². The van der Waals surface area contributed by atoms with Gasteiger partial charge in [-0.3, -0.25) is 4.79 Å². The molecule has 0 spiro atoms. The number of fused-ring (bicyclic) bond motifs is 1. The van der Waals surface area contributed by atoms with Crippen molar-refractivity contribution in [2.24, 2.45) is 11.7 Å². The molecule has 232 valence electrons. The van der Waals surface area contributed by atoms with Crippen molar-refractivity contribution < 1.29 is 22.7 Å². The normalized spacial score (nSPS) is 21.1. The van der Waals surface area contributed by atoms with Gasteiger partial charge < -0.3 is 24.7 Å². The van der Waals surface area contributed by atoms with Gasteiger partial charge in [0.1, 0.15) is 17.3 Å². The molecule has 3 aromatic carbocycles. The van der Waals surface area contributed by atoms with E-state index in [0.717, 1.165) is 42.7 Å². The number of imidazole rings is 1. The summed E-state index contributed by atoms with van der Waals surface area (Å²) >= 11 is 0. The molecule has 2 aliphatic heterocycles. The fraction of sp³-hybridized carbons (Fsp3) is 0.394. The summed E-state index contributed by atoms with van der Waals surface area (Å²) in [5.74, 6) is 1.38. The maximum absolute atomic E-state index is 13.9. The zero-order chi connectivity index (χ0) is 30.7. The Morgan fingerprint density at radius 3 is 2.57 bits per heavy atom. The maximum Gasteiger partial charge on any atom is 0.243 e. The molecular weight excluding hydrogens is 578 g/mol. The van der Waals surface area contributed by atoms with E-state index >= 15 is 0 Å². The largest absolute Gasteiger partial charge is 0.457 e. The van der Waals surface area contributed by atoms with E-state index in [1.54, 1.807) is 37.4 Å². The second-order valence-electron chi connectivity index (χ2n) is 11.6. The number of benzene rings is 3. The molecule has 44 heavy (non-hydrogen) atoms. The molecule has 3 heterocycles. The standard InChI is InChI=1S/C33H39N5O5S/c1-42-19-9-18-38-31-16-6-5-15-30(31)35-32(38)24-10-8-17-36(21-24)33(39)28-22-37(23-29(28)34)44(40,41)27-14-7-13-26(20-27)43-25-11-3-2-4-12-25/h2-7,11-16,20,24,28-29H,8-10,17-19,21-23,34H2,1H3/t24?,28-,29-/m1/s1. The average molecular weight is 618 g/mol. The molecule has 2 N–H and O–H groups in total. The topological polar surface area (TPSA) is 120 Å². The number of carbonyl (C=O) groups excluding carboxylic acids is 1. The van der Waals surface area contributed by atoms with Gasteiger partial charge in [-0.2, -0.15) is 4.31 Å². The van der Waals surface area contributed by atoms with Crippen LogP contribution in [0.2, 0.25) is 0 Å². The zero-order valence-corrected chi connectivity index (χ0v) is 25.7. The highest BCUT2D eigenvalue weighted by molar-refractivity contribution is 7.89. The number of amides is 1. The van der Waals surface area contributed by atoms with Gasteiger partial charge in [0, 0.05) is 64.5 Å². The van der Waals surface area contributed by atoms with E-state index in [1.165, 1.54) is 10.4 Å². The summed E-state index contributed by atoms with van der Waals surface area (Å²) in [4.78, 5) is 20.8. The third kappa shape index (κ3) is 6.23. The lowest BCUT2D eigenvalue weighted by Gasteiger charge is -2.35. The third-order valence-electron chi connectivity index (χ3n) is 8.58. The number of aromatic nitrogens is 2. The molecule has 0 aliphatic carbocycles. The molecule has 11 heteroatoms. The first-order chi connectivity index (χ1) is 21.3. The molecule has 2 fully saturated rings. The van der Waals surface area contributed by atoms with Crippen LogP contribution in [0.15, 0.2) is 83.8 Å². The number of sulfonamides is 1. The predicted octanol–water partition coefficient (Wildman–Crippen LogP) is 4.22. The number of likely N-dealkylation sites (tertiary alicyclic amines) is 1. The molecule has 10 nitrogen and oxygen atoms in total. The fourth-order valence-corrected chi connectivity index (χ4v) is 7.89. The zero-order valence-electron chi connectivity index (χ0n) is 24.9. The summed E-state index contributed by atoms with van der Waals surface area (Å²) in [5, 5.41) is 0. The molecule has 1 amide bonds. The van der Waals surface area contributed by atoms with Crippen molar-refractivity contribution in [3.05, 3.63) is 84.7 Å². The molecular formula is C33H39N5O5S. The molecule has 1 aromatic heterocycles. The predicted molar refractivity (Wildman–Crippen MR) is 168 cm³/mol. The summed E-state index contributed by atoms with van der Waals surface area (Å²) < 4.78 is 42.1. The SMILES string of the molecule is COCCCn1c(C2CCCN(C(=O)[C@@H]3CN(S(=O)(=O)c4cccc(Oc5ccccc5)c4)C[C@H]3N)C2)nc2ccccc21. The monoisotopic (exact) mass is 617 g/mol. The van der Waals surface area contributed by atoms with E-state index in [4.69, 9.17) is 20.2 Å². The minimum Gasteiger partial charge on any atom is -0.457 e. The highest BCUT2D eigenvalue weighted by Gasteiger charge is 2.43. The third-order valence-corrected chi connectivity index (χ3v) is 10.4. The number of para-hydroxylation sites is 3. The van der Waals surface area contributed by atoms with E-state index in [1.807, 2.05) is 41.3 Å². The van der Waals surface area contributed by atoms with Crippen molar-refractivity contribution in [1.82, 2.24) is 18.8 Å². The minimum absolute atomic E-state index is 0.0444. The number of aryl methyl sites for hydroxylation is 1. The number of nitrogens with two attached hydrogens (primary N) is 1. The molecule has 0 radical (unpaired) electrons. The molecule has 2 saturated heterocycles. The van der Waals surface area contributed by atoms with Crippen LogP contribution in [-0.4, -0.2) is 79.0 Å². The molecule has 6 rings (SSSR count). The van der Waals surface area contributed by atoms with Gasteiger partial charge in [-0.05, 0) is 55.7 Å². The van der Waals surface area contributed by atoms with E-state index in [2.05, 4.69) is 10.6 Å². The van der Waals surface area contributed by atoms with Crippen molar-refractivity contribution in [3.63, 3.8) is 0 Å². The van der Waals surface area contributed by atoms with Gasteiger partial charge in [0.05, 0.1) is 21.8 Å². The number of ether oxygens (including phenoxy) is 2. The quantitative estimate of drug-likeness (QED) is 0.265. The number of rotatable bonds is 10. The van der Waals surface area contributed by atoms with Gasteiger partial charge in [-0.25, -0.2) is 13.4 Å². The lowest BCUT2D eigenvalue weighted by Crippen LogP contribution is -2.47. The van der Waals surface area contributed by atoms with Crippen molar-refractivity contribution in [2.75, 3.05) is 39.9 Å². The lowest BCUT2D eigenvalue weighted by atomic mass is 9.94. The highest BCUT2D eigenvalue weighted by Crippen LogP contribution is 2.33. The summed E-state index contributed by atoms with van der Waals surface area (Å²) in [6.45, 7) is 2.71. The molecule has 4 aromatic rings. The van der Waals surface area contributed by atoms with Gasteiger partial charge in [-0.1, -0.05) is 36.4 Å². The van der Waals surface area contributed by atoms with Gasteiger partial charge >= 0.3 is 0 Å². The molecule has 0 bridgehead atoms. The van der Waals surface area contributed by atoms with Crippen LogP contribution in [0.4, 0.5) is 0 Å². The van der Waals surface area contributed by atoms with Crippen LogP contribution in [0.25, 0.3) is 11.0 Å². The van der Waals surface area contributed by atoms with Gasteiger partial charge in [0.15, 0.2) is 0 Å². The Kier molecular flexibility index (Phi) is 8.99. The fourth-order valence-electron chi connectivity index (χ4n) is 6.35. The molecule has 0 saturated carbocycles. The van der Waals surface area contributed by atoms with Crippen LogP contribution in [0.3, 0.4) is 0 Å². The Morgan fingerprint density at radius 1 is 0.977 bits per heavy atom. The maximum atomic E-state index is 13.9. The van der Waals surface area contributed by atoms with Crippen molar-refractivity contribution in [3.8, 4) is 11.5 Å². The smallest absolute Gasteiger partial charge is 0.243 e. The summed E-state index contributed by atoms with van der Waals surface area (Å²) in [6.07, 6.45) is 2.63. The molecule has 3 atom stereocenters. The Morgan fingerprint density at radius 2 is 1.75 bits per heavy atom. The number of nitrogens with zero attached hydrogens (tertiary/aromatic N) is 4. The first kappa shape index (κ1) is 30.3. The Bertz CT molecular complexity index is 1710. The van der Waals surface area contributed by atoms with Crippen molar-refractivity contribution in [2.45, 2.75) is 42.7 Å². The van der Waals surface area contributed by atoms with E-state index < -0.39 is 22.0 Å². The number of carbonyl (C=O) groups is 1. The Labute approximate surface area is 258 Å². The van der Waals surface area contributed by atoms with E-state index in [0.29, 0.717) is 31.2 Å². The van der Waals surface area contributed by atoms with Crippen LogP contribution >= 0.6 is 0 Å². The summed E-state index contributed by atoms with van der Waals surface area (Å²) in [7, 11) is -2.19. The van der Waals surface area contributed by atoms with Crippen molar-refractivity contribution in [1.29, 1.82) is 0 Å². The summed E-state index contributed by atoms with van der Waals surface area (Å²) in [6, 6.07) is 23.1. The van der Waals surface area contributed by atoms with Crippen LogP contribution in [0.5, 0.6) is 11.5 Å². The number of piperidine rings is 1. The number of hydrogen-bond donors (Lipinski definition) is 1. The number of hydrogen-bond acceptors (Lipinski definition) is 7. The van der Waals surface area contributed by atoms with Crippen LogP contribution in [0.1, 0.15) is 31.0 Å². The van der Waals surface area contributed by atoms with Gasteiger partial charge in [0.25, 0.3) is 0 Å². The number of methoxy groups -OCH3 is 1. The minimum atomic E-state index is -3.89. The highest BCUT2D eigenvalue weighted by atomic mass is 32.2. The van der Waals surface area contributed by atoms with Gasteiger partial charge in [-0.15, -0.1) is 0 Å². The van der Waals surface area contributed by atoms with Gasteiger partial charge in [0.2, 0.25) is 15.9 Å². The molecule has 1 unspecified atom stereocenters. The second kappa shape index (κ2) is 13.1. The first-order valence-electron chi connectivity index (χ1n) is 15.2. The molecule has 2 aliphatic rings. The second-order valence-corrected chi connectivity index (χ2v) is 13.5. The lowest BCUT2D eigenvalue weighted by molar-refractivity contribution is -0.136. The summed E-state index contributed by atoms with van der Waals surface area (Å²) in [5.41, 5.74) is 8.49. The van der Waals surface area contributed by atoms with Crippen molar-refractivity contribution >= 4 is 27.0 Å². The van der Waals surface area contributed by atoms with E-state index in [-0.39, 0.29) is 29.8 Å². The Balaban J connectivity index is 1.16.